The number of nitrogens with zero attached hydrogens (tertiary/aromatic N) is 2. The molecular formula is C15H16ClN3. The predicted molar refractivity (Wildman–Crippen MR) is 77.3 cm³/mol. The van der Waals surface area contributed by atoms with Gasteiger partial charge in [0, 0.05) is 28.9 Å². The molecule has 1 aliphatic rings. The fourth-order valence-electron chi connectivity index (χ4n) is 2.42. The Morgan fingerprint density at radius 2 is 1.58 bits per heavy atom. The molecule has 0 atom stereocenters. The molecule has 1 aliphatic heterocycles. The lowest BCUT2D eigenvalue weighted by atomic mass is 9.97. The quantitative estimate of drug-likeness (QED) is 0.913. The minimum Gasteiger partial charge on any atom is -0.317 e. The van der Waals surface area contributed by atoms with E-state index in [0.29, 0.717) is 5.92 Å². The van der Waals surface area contributed by atoms with Crippen LogP contribution in [0.3, 0.4) is 0 Å². The Morgan fingerprint density at radius 3 is 2.21 bits per heavy atom. The average molecular weight is 274 g/mol. The highest BCUT2D eigenvalue weighted by atomic mass is 35.5. The zero-order chi connectivity index (χ0) is 13.1. The molecule has 98 valence electrons. The fraction of sp³-hybridized carbons (Fsp3) is 0.333. The molecule has 0 aliphatic carbocycles. The van der Waals surface area contributed by atoms with Crippen molar-refractivity contribution in [2.45, 2.75) is 18.8 Å². The highest BCUT2D eigenvalue weighted by molar-refractivity contribution is 6.30. The Kier molecular flexibility index (Phi) is 3.76. The molecule has 0 bridgehead atoms. The summed E-state index contributed by atoms with van der Waals surface area (Å²) in [5.41, 5.74) is 2.13. The first-order valence-corrected chi connectivity index (χ1v) is 6.99. The van der Waals surface area contributed by atoms with Crippen LogP contribution in [0.2, 0.25) is 5.02 Å². The summed E-state index contributed by atoms with van der Waals surface area (Å²) >= 11 is 5.89. The van der Waals surface area contributed by atoms with E-state index in [0.717, 1.165) is 47.9 Å². The topological polar surface area (TPSA) is 37.8 Å². The van der Waals surface area contributed by atoms with Crippen LogP contribution in [0.15, 0.2) is 36.7 Å². The van der Waals surface area contributed by atoms with Gasteiger partial charge in [-0.3, -0.25) is 0 Å². The van der Waals surface area contributed by atoms with Gasteiger partial charge in [0.05, 0.1) is 0 Å². The van der Waals surface area contributed by atoms with Crippen LogP contribution in [-0.4, -0.2) is 23.1 Å². The minimum absolute atomic E-state index is 0.500. The smallest absolute Gasteiger partial charge is 0.131 e. The summed E-state index contributed by atoms with van der Waals surface area (Å²) in [7, 11) is 0. The van der Waals surface area contributed by atoms with Gasteiger partial charge in [-0.15, -0.1) is 0 Å². The van der Waals surface area contributed by atoms with Gasteiger partial charge in [-0.2, -0.15) is 0 Å². The summed E-state index contributed by atoms with van der Waals surface area (Å²) < 4.78 is 0. The van der Waals surface area contributed by atoms with Gasteiger partial charge < -0.3 is 5.32 Å². The second-order valence-corrected chi connectivity index (χ2v) is 5.30. The van der Waals surface area contributed by atoms with Gasteiger partial charge in [-0.1, -0.05) is 23.7 Å². The summed E-state index contributed by atoms with van der Waals surface area (Å²) in [6.07, 6.45) is 6.07. The SMILES string of the molecule is Clc1ccc(-c2cnc(C3CCNCC3)nc2)cc1. The van der Waals surface area contributed by atoms with E-state index in [1.807, 2.05) is 36.7 Å². The Morgan fingerprint density at radius 1 is 0.947 bits per heavy atom. The Bertz CT molecular complexity index is 530. The van der Waals surface area contributed by atoms with Crippen LogP contribution in [0, 0.1) is 0 Å². The molecule has 1 fully saturated rings. The number of nitrogens with one attached hydrogen (secondary N) is 1. The molecule has 0 spiro atoms. The van der Waals surface area contributed by atoms with E-state index >= 15 is 0 Å². The zero-order valence-electron chi connectivity index (χ0n) is 10.6. The molecule has 1 aromatic carbocycles. The lowest BCUT2D eigenvalue weighted by molar-refractivity contribution is 0.445. The number of hydrogen-bond donors (Lipinski definition) is 1. The molecule has 0 amide bonds. The molecule has 1 aromatic heterocycles. The highest BCUT2D eigenvalue weighted by Crippen LogP contribution is 2.24. The van der Waals surface area contributed by atoms with E-state index in [-0.39, 0.29) is 0 Å². The first-order valence-electron chi connectivity index (χ1n) is 6.61. The van der Waals surface area contributed by atoms with Gasteiger partial charge in [0.2, 0.25) is 0 Å². The lowest BCUT2D eigenvalue weighted by Gasteiger charge is -2.21. The highest BCUT2D eigenvalue weighted by Gasteiger charge is 2.17. The second-order valence-electron chi connectivity index (χ2n) is 4.86. The van der Waals surface area contributed by atoms with Gasteiger partial charge in [0.25, 0.3) is 0 Å². The van der Waals surface area contributed by atoms with Crippen molar-refractivity contribution < 1.29 is 0 Å². The van der Waals surface area contributed by atoms with Crippen molar-refractivity contribution in [3.63, 3.8) is 0 Å². The molecule has 19 heavy (non-hydrogen) atoms. The third kappa shape index (κ3) is 2.94. The van der Waals surface area contributed by atoms with Crippen LogP contribution in [0.5, 0.6) is 0 Å². The van der Waals surface area contributed by atoms with Gasteiger partial charge in [0.15, 0.2) is 0 Å². The Labute approximate surface area is 118 Å². The van der Waals surface area contributed by atoms with E-state index in [9.17, 15) is 0 Å². The normalized spacial score (nSPS) is 16.5. The van der Waals surface area contributed by atoms with E-state index in [2.05, 4.69) is 15.3 Å². The van der Waals surface area contributed by atoms with E-state index in [1.54, 1.807) is 0 Å². The maximum atomic E-state index is 5.89. The van der Waals surface area contributed by atoms with Crippen molar-refractivity contribution >= 4 is 11.6 Å². The Balaban J connectivity index is 1.80. The second kappa shape index (κ2) is 5.68. The fourth-order valence-corrected chi connectivity index (χ4v) is 2.55. The molecular weight excluding hydrogens is 258 g/mol. The van der Waals surface area contributed by atoms with E-state index in [4.69, 9.17) is 11.6 Å². The van der Waals surface area contributed by atoms with E-state index in [1.165, 1.54) is 0 Å². The maximum absolute atomic E-state index is 5.89. The molecule has 2 heterocycles. The van der Waals surface area contributed by atoms with Crippen molar-refractivity contribution in [3.8, 4) is 11.1 Å². The summed E-state index contributed by atoms with van der Waals surface area (Å²) in [5, 5.41) is 4.11. The van der Waals surface area contributed by atoms with Crippen LogP contribution in [0.4, 0.5) is 0 Å². The van der Waals surface area contributed by atoms with Gasteiger partial charge in [0.1, 0.15) is 5.82 Å². The van der Waals surface area contributed by atoms with E-state index < -0.39 is 0 Å². The van der Waals surface area contributed by atoms with Crippen LogP contribution in [0.1, 0.15) is 24.6 Å². The predicted octanol–water partition coefficient (Wildman–Crippen LogP) is 3.26. The number of halogens is 1. The lowest BCUT2D eigenvalue weighted by Crippen LogP contribution is -2.27. The summed E-state index contributed by atoms with van der Waals surface area (Å²) in [6.45, 7) is 2.12. The zero-order valence-corrected chi connectivity index (χ0v) is 11.4. The maximum Gasteiger partial charge on any atom is 0.131 e. The molecule has 0 radical (unpaired) electrons. The summed E-state index contributed by atoms with van der Waals surface area (Å²) in [4.78, 5) is 9.06. The molecule has 3 nitrogen and oxygen atoms in total. The first kappa shape index (κ1) is 12.6. The van der Waals surface area contributed by atoms with Crippen LogP contribution >= 0.6 is 11.6 Å². The molecule has 1 saturated heterocycles. The number of aromatic nitrogens is 2. The summed E-state index contributed by atoms with van der Waals surface area (Å²) in [6, 6.07) is 7.76. The standard InChI is InChI=1S/C15H16ClN3/c16-14-3-1-11(2-4-14)13-9-18-15(19-10-13)12-5-7-17-8-6-12/h1-4,9-10,12,17H,5-8H2. The third-order valence-electron chi connectivity index (χ3n) is 3.55. The van der Waals surface area contributed by atoms with Crippen LogP contribution in [-0.2, 0) is 0 Å². The van der Waals surface area contributed by atoms with Crippen molar-refractivity contribution in [2.24, 2.45) is 0 Å². The van der Waals surface area contributed by atoms with Gasteiger partial charge >= 0.3 is 0 Å². The van der Waals surface area contributed by atoms with Crippen molar-refractivity contribution in [1.82, 2.24) is 15.3 Å². The number of rotatable bonds is 2. The Hall–Kier alpha value is -1.45. The number of benzene rings is 1. The molecule has 4 heteroatoms. The largest absolute Gasteiger partial charge is 0.317 e. The molecule has 1 N–H and O–H groups in total. The first-order chi connectivity index (χ1) is 9.33. The van der Waals surface area contributed by atoms with Crippen LogP contribution < -0.4 is 5.32 Å². The molecule has 2 aromatic rings. The molecule has 0 unspecified atom stereocenters. The van der Waals surface area contributed by atoms with Gasteiger partial charge in [-0.05, 0) is 43.6 Å². The molecule has 3 rings (SSSR count). The van der Waals surface area contributed by atoms with Gasteiger partial charge in [-0.25, -0.2) is 9.97 Å². The minimum atomic E-state index is 0.500. The number of piperidine rings is 1. The van der Waals surface area contributed by atoms with Crippen molar-refractivity contribution in [3.05, 3.63) is 47.5 Å². The number of hydrogen-bond acceptors (Lipinski definition) is 3. The average Bonchev–Trinajstić information content (AvgIpc) is 2.49. The third-order valence-corrected chi connectivity index (χ3v) is 3.81. The van der Waals surface area contributed by atoms with Crippen LogP contribution in [0.25, 0.3) is 11.1 Å². The van der Waals surface area contributed by atoms with Crippen molar-refractivity contribution in [1.29, 1.82) is 0 Å². The summed E-state index contributed by atoms with van der Waals surface area (Å²) in [5.74, 6) is 1.47. The molecule has 0 saturated carbocycles. The van der Waals surface area contributed by atoms with Crippen molar-refractivity contribution in [2.75, 3.05) is 13.1 Å². The monoisotopic (exact) mass is 273 g/mol.